The highest BCUT2D eigenvalue weighted by Gasteiger charge is 2.44. The predicted octanol–water partition coefficient (Wildman–Crippen LogP) is 3.68. The van der Waals surface area contributed by atoms with E-state index < -0.39 is 5.82 Å². The maximum absolute atomic E-state index is 13.5. The van der Waals surface area contributed by atoms with Crippen LogP contribution in [0, 0.1) is 5.82 Å². The van der Waals surface area contributed by atoms with E-state index in [9.17, 15) is 9.18 Å². The van der Waals surface area contributed by atoms with Crippen LogP contribution in [0.2, 0.25) is 0 Å². The summed E-state index contributed by atoms with van der Waals surface area (Å²) in [5.41, 5.74) is 1.49. The molecule has 2 N–H and O–H groups in total. The van der Waals surface area contributed by atoms with Crippen LogP contribution in [0.1, 0.15) is 18.4 Å². The lowest BCUT2D eigenvalue weighted by Crippen LogP contribution is -2.35. The molecule has 1 saturated carbocycles. The van der Waals surface area contributed by atoms with Gasteiger partial charge in [0.1, 0.15) is 5.82 Å². The lowest BCUT2D eigenvalue weighted by molar-refractivity contribution is 0.251. The average molecular weight is 284 g/mol. The van der Waals surface area contributed by atoms with E-state index in [-0.39, 0.29) is 17.1 Å². The Balaban J connectivity index is 1.58. The van der Waals surface area contributed by atoms with Crippen LogP contribution >= 0.6 is 0 Å². The Morgan fingerprint density at radius 3 is 2.38 bits per heavy atom. The summed E-state index contributed by atoms with van der Waals surface area (Å²) in [6.45, 7) is 0.567. The molecule has 0 spiro atoms. The monoisotopic (exact) mass is 284 g/mol. The molecule has 4 heteroatoms. The number of hydrogen-bond acceptors (Lipinski definition) is 1. The Labute approximate surface area is 123 Å². The molecule has 2 aromatic carbocycles. The van der Waals surface area contributed by atoms with E-state index in [1.165, 1.54) is 11.6 Å². The van der Waals surface area contributed by atoms with Crippen LogP contribution < -0.4 is 10.6 Å². The summed E-state index contributed by atoms with van der Waals surface area (Å²) in [7, 11) is 0. The Hall–Kier alpha value is -2.36. The normalized spacial score (nSPS) is 15.3. The molecule has 2 aromatic rings. The van der Waals surface area contributed by atoms with Crippen molar-refractivity contribution in [2.75, 3.05) is 11.9 Å². The summed E-state index contributed by atoms with van der Waals surface area (Å²) in [5, 5.41) is 5.38. The van der Waals surface area contributed by atoms with Crippen molar-refractivity contribution in [3.63, 3.8) is 0 Å². The second-order valence-corrected chi connectivity index (χ2v) is 5.43. The van der Waals surface area contributed by atoms with Gasteiger partial charge in [-0.25, -0.2) is 9.18 Å². The maximum Gasteiger partial charge on any atom is 0.319 e. The van der Waals surface area contributed by atoms with Gasteiger partial charge in [0, 0.05) is 12.0 Å². The fraction of sp³-hybridized carbons (Fsp3) is 0.235. The lowest BCUT2D eigenvalue weighted by Gasteiger charge is -2.17. The van der Waals surface area contributed by atoms with Crippen LogP contribution in [0.25, 0.3) is 0 Å². The third-order valence-electron chi connectivity index (χ3n) is 3.95. The van der Waals surface area contributed by atoms with Crippen LogP contribution in [0.5, 0.6) is 0 Å². The number of halogens is 1. The van der Waals surface area contributed by atoms with Gasteiger partial charge in [0.25, 0.3) is 0 Å². The first-order chi connectivity index (χ1) is 10.2. The molecule has 1 aliphatic rings. The maximum atomic E-state index is 13.5. The SMILES string of the molecule is O=C(NCC1(c2ccccc2)CC1)Nc1ccccc1F. The molecule has 0 bridgehead atoms. The fourth-order valence-electron chi connectivity index (χ4n) is 2.49. The van der Waals surface area contributed by atoms with Gasteiger partial charge in [-0.2, -0.15) is 0 Å². The van der Waals surface area contributed by atoms with Crippen molar-refractivity contribution >= 4 is 11.7 Å². The third kappa shape index (κ3) is 3.05. The number of para-hydroxylation sites is 1. The highest BCUT2D eigenvalue weighted by Crippen LogP contribution is 2.47. The first kappa shape index (κ1) is 13.6. The summed E-state index contributed by atoms with van der Waals surface area (Å²) >= 11 is 0. The molecular formula is C17H17FN2O. The molecular weight excluding hydrogens is 267 g/mol. The fourth-order valence-corrected chi connectivity index (χ4v) is 2.49. The van der Waals surface area contributed by atoms with E-state index in [1.807, 2.05) is 18.2 Å². The largest absolute Gasteiger partial charge is 0.337 e. The molecule has 1 aliphatic carbocycles. The Bertz CT molecular complexity index is 638. The topological polar surface area (TPSA) is 41.1 Å². The van der Waals surface area contributed by atoms with Crippen molar-refractivity contribution in [3.8, 4) is 0 Å². The number of rotatable bonds is 4. The number of nitrogens with one attached hydrogen (secondary N) is 2. The minimum atomic E-state index is -0.433. The summed E-state index contributed by atoms with van der Waals surface area (Å²) in [6.07, 6.45) is 2.13. The van der Waals surface area contributed by atoms with Crippen molar-refractivity contribution in [2.45, 2.75) is 18.3 Å². The molecule has 0 unspecified atom stereocenters. The molecule has 0 radical (unpaired) electrons. The van der Waals surface area contributed by atoms with Crippen molar-refractivity contribution in [1.29, 1.82) is 0 Å². The summed E-state index contributed by atoms with van der Waals surface area (Å²) < 4.78 is 13.5. The van der Waals surface area contributed by atoms with Gasteiger partial charge in [0.15, 0.2) is 0 Å². The number of hydrogen-bond donors (Lipinski definition) is 2. The van der Waals surface area contributed by atoms with Gasteiger partial charge in [-0.05, 0) is 30.5 Å². The van der Waals surface area contributed by atoms with Crippen LogP contribution in [0.15, 0.2) is 54.6 Å². The minimum Gasteiger partial charge on any atom is -0.337 e. The molecule has 3 rings (SSSR count). The zero-order valence-electron chi connectivity index (χ0n) is 11.6. The van der Waals surface area contributed by atoms with Gasteiger partial charge in [0.05, 0.1) is 5.69 Å². The lowest BCUT2D eigenvalue weighted by atomic mass is 9.96. The Morgan fingerprint density at radius 1 is 1.05 bits per heavy atom. The number of carbonyl (C=O) groups excluding carboxylic acids is 1. The van der Waals surface area contributed by atoms with E-state index in [4.69, 9.17) is 0 Å². The number of urea groups is 1. The second kappa shape index (κ2) is 5.56. The van der Waals surface area contributed by atoms with Gasteiger partial charge < -0.3 is 10.6 Å². The van der Waals surface area contributed by atoms with Crippen LogP contribution in [0.4, 0.5) is 14.9 Å². The zero-order valence-corrected chi connectivity index (χ0v) is 11.6. The van der Waals surface area contributed by atoms with E-state index in [0.717, 1.165) is 12.8 Å². The van der Waals surface area contributed by atoms with Gasteiger partial charge in [-0.15, -0.1) is 0 Å². The highest BCUT2D eigenvalue weighted by molar-refractivity contribution is 5.89. The van der Waals surface area contributed by atoms with Gasteiger partial charge in [-0.3, -0.25) is 0 Å². The summed E-state index contributed by atoms with van der Waals surface area (Å²) in [4.78, 5) is 11.9. The molecule has 108 valence electrons. The first-order valence-corrected chi connectivity index (χ1v) is 7.05. The third-order valence-corrected chi connectivity index (χ3v) is 3.95. The zero-order chi connectivity index (χ0) is 14.7. The standard InChI is InChI=1S/C17H17FN2O/c18-14-8-4-5-9-15(14)20-16(21)19-12-17(10-11-17)13-6-2-1-3-7-13/h1-9H,10-12H2,(H2,19,20,21). The Morgan fingerprint density at radius 2 is 1.71 bits per heavy atom. The smallest absolute Gasteiger partial charge is 0.319 e. The van der Waals surface area contributed by atoms with Crippen molar-refractivity contribution < 1.29 is 9.18 Å². The predicted molar refractivity (Wildman–Crippen MR) is 80.8 cm³/mol. The van der Waals surface area contributed by atoms with Crippen LogP contribution in [0.3, 0.4) is 0 Å². The van der Waals surface area contributed by atoms with Crippen molar-refractivity contribution in [3.05, 3.63) is 66.0 Å². The van der Waals surface area contributed by atoms with Crippen LogP contribution in [-0.4, -0.2) is 12.6 Å². The van der Waals surface area contributed by atoms with Gasteiger partial charge in [0.2, 0.25) is 0 Å². The van der Waals surface area contributed by atoms with Gasteiger partial charge >= 0.3 is 6.03 Å². The molecule has 2 amide bonds. The van der Waals surface area contributed by atoms with Gasteiger partial charge in [-0.1, -0.05) is 42.5 Å². The number of amides is 2. The molecule has 21 heavy (non-hydrogen) atoms. The number of carbonyl (C=O) groups is 1. The number of benzene rings is 2. The van der Waals surface area contributed by atoms with Crippen molar-refractivity contribution in [2.24, 2.45) is 0 Å². The molecule has 0 heterocycles. The van der Waals surface area contributed by atoms with E-state index in [2.05, 4.69) is 22.8 Å². The Kier molecular flexibility index (Phi) is 3.60. The highest BCUT2D eigenvalue weighted by atomic mass is 19.1. The second-order valence-electron chi connectivity index (χ2n) is 5.43. The quantitative estimate of drug-likeness (QED) is 0.883. The molecule has 1 fully saturated rings. The average Bonchev–Trinajstić information content (AvgIpc) is 3.30. The molecule has 0 atom stereocenters. The summed E-state index contributed by atoms with van der Waals surface area (Å²) in [5.74, 6) is -0.433. The van der Waals surface area contributed by atoms with E-state index in [1.54, 1.807) is 18.2 Å². The molecule has 0 aliphatic heterocycles. The summed E-state index contributed by atoms with van der Waals surface area (Å²) in [6, 6.07) is 15.9. The first-order valence-electron chi connectivity index (χ1n) is 7.05. The van der Waals surface area contributed by atoms with E-state index >= 15 is 0 Å². The molecule has 3 nitrogen and oxygen atoms in total. The van der Waals surface area contributed by atoms with Crippen LogP contribution in [-0.2, 0) is 5.41 Å². The van der Waals surface area contributed by atoms with Crippen molar-refractivity contribution in [1.82, 2.24) is 5.32 Å². The molecule has 0 aromatic heterocycles. The number of anilines is 1. The minimum absolute atomic E-state index is 0.0494. The molecule has 0 saturated heterocycles. The van der Waals surface area contributed by atoms with E-state index in [0.29, 0.717) is 6.54 Å².